The lowest BCUT2D eigenvalue weighted by Gasteiger charge is -2.13. The molecule has 2 aliphatic rings. The first kappa shape index (κ1) is 6.23. The van der Waals surface area contributed by atoms with Crippen LogP contribution in [-0.4, -0.2) is 17.3 Å². The van der Waals surface area contributed by atoms with Crippen LogP contribution in [0.3, 0.4) is 0 Å². The summed E-state index contributed by atoms with van der Waals surface area (Å²) in [4.78, 5) is 0. The van der Waals surface area contributed by atoms with Gasteiger partial charge in [0.25, 0.3) is 0 Å². The van der Waals surface area contributed by atoms with Gasteiger partial charge in [-0.2, -0.15) is 0 Å². The number of fused-ring (bicyclic) bond motifs is 1. The fourth-order valence-electron chi connectivity index (χ4n) is 1.96. The summed E-state index contributed by atoms with van der Waals surface area (Å²) in [5.41, 5.74) is 0. The highest BCUT2D eigenvalue weighted by Crippen LogP contribution is 2.37. The van der Waals surface area contributed by atoms with Gasteiger partial charge in [0.05, 0.1) is 12.4 Å². The highest BCUT2D eigenvalue weighted by atomic mass is 16.5. The van der Waals surface area contributed by atoms with E-state index < -0.39 is 0 Å². The van der Waals surface area contributed by atoms with Crippen molar-refractivity contribution in [2.45, 2.75) is 25.6 Å². The molecule has 0 amide bonds. The number of hydrogen-bond donors (Lipinski definition) is 1. The molecule has 1 fully saturated rings. The third-order valence-corrected chi connectivity index (χ3v) is 2.53. The summed E-state index contributed by atoms with van der Waals surface area (Å²) in [6.45, 7) is 2.13. The summed E-state index contributed by atoms with van der Waals surface area (Å²) in [6.07, 6.45) is 4.67. The zero-order chi connectivity index (χ0) is 7.14. The fourth-order valence-corrected chi connectivity index (χ4v) is 1.96. The lowest BCUT2D eigenvalue weighted by Crippen LogP contribution is -2.19. The van der Waals surface area contributed by atoms with Crippen LogP contribution in [0.5, 0.6) is 0 Å². The molecular weight excluding hydrogens is 128 g/mol. The van der Waals surface area contributed by atoms with E-state index in [9.17, 15) is 5.11 Å². The van der Waals surface area contributed by atoms with E-state index in [0.717, 1.165) is 6.42 Å². The molecule has 1 aliphatic heterocycles. The molecule has 2 rings (SSSR count). The van der Waals surface area contributed by atoms with Crippen LogP contribution in [0.4, 0.5) is 0 Å². The van der Waals surface area contributed by atoms with Crippen molar-refractivity contribution >= 4 is 0 Å². The van der Waals surface area contributed by atoms with Crippen LogP contribution in [-0.2, 0) is 4.74 Å². The van der Waals surface area contributed by atoms with Crippen molar-refractivity contribution in [3.8, 4) is 0 Å². The standard InChI is InChI=1S/C8H12O2/c1-5-4-7(9)6-2-3-10-8(5)6/h2-3,5-9H,4H2,1H3/t5-,6+,7-,8-/m1/s1. The van der Waals surface area contributed by atoms with Crippen LogP contribution in [0, 0.1) is 11.8 Å². The first-order valence-corrected chi connectivity index (χ1v) is 3.79. The van der Waals surface area contributed by atoms with Gasteiger partial charge in [-0.15, -0.1) is 0 Å². The minimum absolute atomic E-state index is 0.168. The van der Waals surface area contributed by atoms with E-state index in [2.05, 4.69) is 6.92 Å². The third kappa shape index (κ3) is 0.686. The SMILES string of the molecule is C[C@@H]1C[C@@H](O)[C@@H]2C=CO[C@@H]21. The van der Waals surface area contributed by atoms with Crippen molar-refractivity contribution in [3.05, 3.63) is 12.3 Å². The smallest absolute Gasteiger partial charge is 0.109 e. The van der Waals surface area contributed by atoms with Crippen molar-refractivity contribution in [3.63, 3.8) is 0 Å². The summed E-state index contributed by atoms with van der Waals surface area (Å²) in [7, 11) is 0. The van der Waals surface area contributed by atoms with Crippen LogP contribution in [0.1, 0.15) is 13.3 Å². The molecule has 0 aromatic rings. The number of rotatable bonds is 0. The average molecular weight is 140 g/mol. The molecule has 10 heavy (non-hydrogen) atoms. The second-order valence-electron chi connectivity index (χ2n) is 3.29. The quantitative estimate of drug-likeness (QED) is 0.542. The van der Waals surface area contributed by atoms with E-state index in [4.69, 9.17) is 4.74 Å². The summed E-state index contributed by atoms with van der Waals surface area (Å²) in [6, 6.07) is 0. The van der Waals surface area contributed by atoms with Gasteiger partial charge in [0, 0.05) is 5.92 Å². The van der Waals surface area contributed by atoms with Crippen molar-refractivity contribution in [1.29, 1.82) is 0 Å². The molecule has 4 atom stereocenters. The van der Waals surface area contributed by atoms with E-state index in [1.807, 2.05) is 6.08 Å². The lowest BCUT2D eigenvalue weighted by molar-refractivity contribution is 0.0926. The zero-order valence-corrected chi connectivity index (χ0v) is 6.03. The molecule has 0 spiro atoms. The van der Waals surface area contributed by atoms with Gasteiger partial charge in [-0.25, -0.2) is 0 Å². The second kappa shape index (κ2) is 1.99. The zero-order valence-electron chi connectivity index (χ0n) is 6.03. The van der Waals surface area contributed by atoms with E-state index >= 15 is 0 Å². The van der Waals surface area contributed by atoms with E-state index in [1.54, 1.807) is 6.26 Å². The summed E-state index contributed by atoms with van der Waals surface area (Å²) in [5.74, 6) is 0.782. The number of aliphatic hydroxyl groups is 1. The summed E-state index contributed by atoms with van der Waals surface area (Å²) in [5, 5.41) is 9.44. The van der Waals surface area contributed by atoms with Gasteiger partial charge in [-0.3, -0.25) is 0 Å². The maximum absolute atomic E-state index is 9.44. The Hall–Kier alpha value is -0.500. The molecule has 1 heterocycles. The first-order valence-electron chi connectivity index (χ1n) is 3.79. The van der Waals surface area contributed by atoms with Crippen LogP contribution in [0.15, 0.2) is 12.3 Å². The van der Waals surface area contributed by atoms with Gasteiger partial charge in [0.2, 0.25) is 0 Å². The Morgan fingerprint density at radius 3 is 3.10 bits per heavy atom. The largest absolute Gasteiger partial charge is 0.497 e. The molecule has 2 heteroatoms. The van der Waals surface area contributed by atoms with E-state index in [-0.39, 0.29) is 18.1 Å². The molecule has 1 N–H and O–H groups in total. The van der Waals surface area contributed by atoms with Gasteiger partial charge in [-0.05, 0) is 18.4 Å². The molecule has 0 radical (unpaired) electrons. The van der Waals surface area contributed by atoms with Gasteiger partial charge >= 0.3 is 0 Å². The molecule has 0 unspecified atom stereocenters. The fraction of sp³-hybridized carbons (Fsp3) is 0.750. The summed E-state index contributed by atoms with van der Waals surface area (Å²) >= 11 is 0. The van der Waals surface area contributed by atoms with Crippen molar-refractivity contribution in [1.82, 2.24) is 0 Å². The molecule has 0 aromatic heterocycles. The first-order chi connectivity index (χ1) is 4.79. The molecule has 56 valence electrons. The lowest BCUT2D eigenvalue weighted by atomic mass is 10.0. The van der Waals surface area contributed by atoms with Crippen molar-refractivity contribution in [2.24, 2.45) is 11.8 Å². The van der Waals surface area contributed by atoms with Crippen molar-refractivity contribution in [2.75, 3.05) is 0 Å². The maximum atomic E-state index is 9.44. The predicted octanol–water partition coefficient (Wildman–Crippen LogP) is 0.916. The molecular formula is C8H12O2. The average Bonchev–Trinajstić information content (AvgIpc) is 2.39. The van der Waals surface area contributed by atoms with E-state index in [1.165, 1.54) is 0 Å². The van der Waals surface area contributed by atoms with Crippen LogP contribution >= 0.6 is 0 Å². The second-order valence-corrected chi connectivity index (χ2v) is 3.29. The number of aliphatic hydroxyl groups excluding tert-OH is 1. The predicted molar refractivity (Wildman–Crippen MR) is 37.3 cm³/mol. The molecule has 1 saturated carbocycles. The molecule has 0 aromatic carbocycles. The third-order valence-electron chi connectivity index (χ3n) is 2.53. The minimum Gasteiger partial charge on any atom is -0.497 e. The highest BCUT2D eigenvalue weighted by Gasteiger charge is 2.42. The molecule has 2 nitrogen and oxygen atoms in total. The van der Waals surface area contributed by atoms with Crippen LogP contribution in [0.25, 0.3) is 0 Å². The van der Waals surface area contributed by atoms with Crippen LogP contribution in [0.2, 0.25) is 0 Å². The number of ether oxygens (including phenoxy) is 1. The topological polar surface area (TPSA) is 29.5 Å². The monoisotopic (exact) mass is 140 g/mol. The minimum atomic E-state index is -0.168. The van der Waals surface area contributed by atoms with Gasteiger partial charge < -0.3 is 9.84 Å². The Morgan fingerprint density at radius 2 is 2.40 bits per heavy atom. The van der Waals surface area contributed by atoms with Gasteiger partial charge in [0.15, 0.2) is 0 Å². The van der Waals surface area contributed by atoms with Gasteiger partial charge in [-0.1, -0.05) is 6.92 Å². The molecule has 0 saturated heterocycles. The highest BCUT2D eigenvalue weighted by molar-refractivity contribution is 5.05. The summed E-state index contributed by atoms with van der Waals surface area (Å²) < 4.78 is 5.32. The van der Waals surface area contributed by atoms with Crippen LogP contribution < -0.4 is 0 Å². The van der Waals surface area contributed by atoms with E-state index in [0.29, 0.717) is 5.92 Å². The van der Waals surface area contributed by atoms with Gasteiger partial charge in [0.1, 0.15) is 6.10 Å². The molecule has 1 aliphatic carbocycles. The Kier molecular flexibility index (Phi) is 1.24. The Labute approximate surface area is 60.5 Å². The van der Waals surface area contributed by atoms with Crippen molar-refractivity contribution < 1.29 is 9.84 Å². The molecule has 0 bridgehead atoms. The maximum Gasteiger partial charge on any atom is 0.109 e. The Morgan fingerprint density at radius 1 is 1.60 bits per heavy atom. The Bertz CT molecular complexity index is 165. The Balaban J connectivity index is 2.17. The number of hydrogen-bond acceptors (Lipinski definition) is 2. The normalized spacial score (nSPS) is 51.0.